The fourth-order valence-corrected chi connectivity index (χ4v) is 2.07. The first-order valence-electron chi connectivity index (χ1n) is 6.29. The van der Waals surface area contributed by atoms with Crippen molar-refractivity contribution >= 4 is 17.1 Å². The Morgan fingerprint density at radius 1 is 1.47 bits per heavy atom. The van der Waals surface area contributed by atoms with Crippen LogP contribution in [0.2, 0.25) is 0 Å². The molecule has 0 amide bonds. The minimum atomic E-state index is -1.23. The van der Waals surface area contributed by atoms with Crippen LogP contribution in [0.5, 0.6) is 0 Å². The molecule has 0 aliphatic carbocycles. The fourth-order valence-electron chi connectivity index (χ4n) is 2.07. The summed E-state index contributed by atoms with van der Waals surface area (Å²) in [6.07, 6.45) is 4.33. The molecule has 0 fully saturated rings. The normalized spacial score (nSPS) is 11.1. The van der Waals surface area contributed by atoms with E-state index in [4.69, 9.17) is 9.63 Å². The van der Waals surface area contributed by atoms with Crippen LogP contribution in [0.15, 0.2) is 15.5 Å². The molecule has 2 aromatic rings. The molecule has 2 heterocycles. The van der Waals surface area contributed by atoms with Gasteiger partial charge in [0.15, 0.2) is 0 Å². The van der Waals surface area contributed by atoms with Crippen LogP contribution in [-0.4, -0.2) is 20.8 Å². The summed E-state index contributed by atoms with van der Waals surface area (Å²) in [7, 11) is 0. The standard InChI is InChI=1S/C13H16N2O4/c1-3-4-5-6-15-7-9(13(17)18)11(16)10-8(2)14-19-12(10)15/h7H,3-6H2,1-2H3,(H,17,18). The fraction of sp³-hybridized carbons (Fsp3) is 0.462. The molecule has 0 saturated heterocycles. The van der Waals surface area contributed by atoms with E-state index in [0.29, 0.717) is 18.0 Å². The Labute approximate surface area is 109 Å². The third kappa shape index (κ3) is 2.38. The summed E-state index contributed by atoms with van der Waals surface area (Å²) in [6, 6.07) is 0. The van der Waals surface area contributed by atoms with E-state index in [1.165, 1.54) is 6.20 Å². The van der Waals surface area contributed by atoms with E-state index in [1.807, 2.05) is 0 Å². The number of rotatable bonds is 5. The predicted molar refractivity (Wildman–Crippen MR) is 69.5 cm³/mol. The van der Waals surface area contributed by atoms with Crippen molar-refractivity contribution in [1.82, 2.24) is 9.72 Å². The third-order valence-corrected chi connectivity index (χ3v) is 3.10. The lowest BCUT2D eigenvalue weighted by Gasteiger charge is -2.07. The number of unbranched alkanes of at least 4 members (excludes halogenated alkanes) is 2. The molecule has 0 radical (unpaired) electrons. The summed E-state index contributed by atoms with van der Waals surface area (Å²) in [5.41, 5.74) is -0.000709. The van der Waals surface area contributed by atoms with Crippen molar-refractivity contribution in [1.29, 1.82) is 0 Å². The highest BCUT2D eigenvalue weighted by molar-refractivity contribution is 5.91. The number of aromatic nitrogens is 2. The number of fused-ring (bicyclic) bond motifs is 1. The number of aromatic carboxylic acids is 1. The van der Waals surface area contributed by atoms with Crippen LogP contribution in [0.3, 0.4) is 0 Å². The van der Waals surface area contributed by atoms with E-state index >= 15 is 0 Å². The molecule has 0 saturated carbocycles. The molecule has 0 unspecified atom stereocenters. The number of nitrogens with zero attached hydrogens (tertiary/aromatic N) is 2. The number of pyridine rings is 1. The second-order valence-corrected chi connectivity index (χ2v) is 4.53. The molecule has 0 aliphatic heterocycles. The van der Waals surface area contributed by atoms with Crippen LogP contribution in [0, 0.1) is 6.92 Å². The lowest BCUT2D eigenvalue weighted by Crippen LogP contribution is -2.18. The molecule has 2 rings (SSSR count). The number of carbonyl (C=O) groups is 1. The summed E-state index contributed by atoms with van der Waals surface area (Å²) >= 11 is 0. The van der Waals surface area contributed by atoms with Gasteiger partial charge in [-0.25, -0.2) is 4.79 Å². The van der Waals surface area contributed by atoms with Crippen molar-refractivity contribution < 1.29 is 14.4 Å². The zero-order valence-corrected chi connectivity index (χ0v) is 11.0. The maximum Gasteiger partial charge on any atom is 0.341 e. The number of hydrogen-bond donors (Lipinski definition) is 1. The lowest BCUT2D eigenvalue weighted by molar-refractivity contribution is 0.0695. The molecule has 0 spiro atoms. The van der Waals surface area contributed by atoms with Gasteiger partial charge in [-0.15, -0.1) is 0 Å². The maximum absolute atomic E-state index is 12.0. The van der Waals surface area contributed by atoms with Crippen molar-refractivity contribution in [2.24, 2.45) is 0 Å². The highest BCUT2D eigenvalue weighted by Gasteiger charge is 2.19. The molecule has 6 heteroatoms. The highest BCUT2D eigenvalue weighted by atomic mass is 16.5. The lowest BCUT2D eigenvalue weighted by atomic mass is 10.2. The van der Waals surface area contributed by atoms with E-state index < -0.39 is 11.4 Å². The van der Waals surface area contributed by atoms with Gasteiger partial charge in [-0.3, -0.25) is 4.79 Å². The Bertz CT molecular complexity index is 669. The van der Waals surface area contributed by atoms with Gasteiger partial charge >= 0.3 is 5.97 Å². The Morgan fingerprint density at radius 3 is 2.84 bits per heavy atom. The van der Waals surface area contributed by atoms with Gasteiger partial charge in [-0.2, -0.15) is 0 Å². The molecule has 0 aliphatic rings. The predicted octanol–water partition coefficient (Wildman–Crippen LogP) is 2.19. The maximum atomic E-state index is 12.0. The summed E-state index contributed by atoms with van der Waals surface area (Å²) in [5.74, 6) is -1.23. The number of aryl methyl sites for hydroxylation is 2. The summed E-state index contributed by atoms with van der Waals surface area (Å²) in [5, 5.41) is 13.1. The van der Waals surface area contributed by atoms with Gasteiger partial charge in [-0.05, 0) is 13.3 Å². The van der Waals surface area contributed by atoms with Gasteiger partial charge in [0.1, 0.15) is 10.9 Å². The van der Waals surface area contributed by atoms with E-state index in [1.54, 1.807) is 11.5 Å². The van der Waals surface area contributed by atoms with Crippen molar-refractivity contribution in [2.45, 2.75) is 39.7 Å². The summed E-state index contributed by atoms with van der Waals surface area (Å²) in [6.45, 7) is 4.33. The average molecular weight is 264 g/mol. The van der Waals surface area contributed by atoms with E-state index in [0.717, 1.165) is 19.3 Å². The summed E-state index contributed by atoms with van der Waals surface area (Å²) < 4.78 is 6.81. The molecule has 0 atom stereocenters. The second kappa shape index (κ2) is 5.26. The average Bonchev–Trinajstić information content (AvgIpc) is 2.75. The third-order valence-electron chi connectivity index (χ3n) is 3.10. The molecular formula is C13H16N2O4. The first kappa shape index (κ1) is 13.3. The molecule has 2 aromatic heterocycles. The topological polar surface area (TPSA) is 85.3 Å². The van der Waals surface area contributed by atoms with Crippen molar-refractivity contribution in [3.05, 3.63) is 27.7 Å². The minimum Gasteiger partial charge on any atom is -0.477 e. The van der Waals surface area contributed by atoms with Crippen LogP contribution < -0.4 is 5.43 Å². The van der Waals surface area contributed by atoms with E-state index in [-0.39, 0.29) is 10.9 Å². The molecular weight excluding hydrogens is 248 g/mol. The summed E-state index contributed by atoms with van der Waals surface area (Å²) in [4.78, 5) is 23.2. The molecule has 6 nitrogen and oxygen atoms in total. The van der Waals surface area contributed by atoms with Gasteiger partial charge < -0.3 is 14.2 Å². The van der Waals surface area contributed by atoms with Gasteiger partial charge in [-0.1, -0.05) is 24.9 Å². The Hall–Kier alpha value is -2.11. The van der Waals surface area contributed by atoms with Gasteiger partial charge in [0.25, 0.3) is 0 Å². The number of hydrogen-bond acceptors (Lipinski definition) is 4. The monoisotopic (exact) mass is 264 g/mol. The quantitative estimate of drug-likeness (QED) is 0.836. The zero-order chi connectivity index (χ0) is 14.0. The molecule has 1 N–H and O–H groups in total. The Morgan fingerprint density at radius 2 is 2.21 bits per heavy atom. The smallest absolute Gasteiger partial charge is 0.341 e. The van der Waals surface area contributed by atoms with Gasteiger partial charge in [0.05, 0.1) is 5.69 Å². The molecule has 0 aromatic carbocycles. The largest absolute Gasteiger partial charge is 0.477 e. The van der Waals surface area contributed by atoms with Crippen LogP contribution in [0.25, 0.3) is 11.1 Å². The molecule has 102 valence electrons. The first-order valence-corrected chi connectivity index (χ1v) is 6.29. The van der Waals surface area contributed by atoms with Crippen molar-refractivity contribution in [3.63, 3.8) is 0 Å². The first-order chi connectivity index (χ1) is 9.06. The van der Waals surface area contributed by atoms with Crippen molar-refractivity contribution in [3.8, 4) is 0 Å². The SMILES string of the molecule is CCCCCn1cc(C(=O)O)c(=O)c2c(C)noc21. The zero-order valence-electron chi connectivity index (χ0n) is 11.0. The minimum absolute atomic E-state index is 0.240. The van der Waals surface area contributed by atoms with E-state index in [2.05, 4.69) is 12.1 Å². The Balaban J connectivity index is 2.59. The molecule has 0 bridgehead atoms. The second-order valence-electron chi connectivity index (χ2n) is 4.53. The van der Waals surface area contributed by atoms with Gasteiger partial charge in [0.2, 0.25) is 11.1 Å². The highest BCUT2D eigenvalue weighted by Crippen LogP contribution is 2.16. The van der Waals surface area contributed by atoms with Crippen LogP contribution >= 0.6 is 0 Å². The van der Waals surface area contributed by atoms with Crippen LogP contribution in [0.1, 0.15) is 42.2 Å². The Kier molecular flexibility index (Phi) is 3.69. The van der Waals surface area contributed by atoms with Crippen LogP contribution in [-0.2, 0) is 6.54 Å². The van der Waals surface area contributed by atoms with Gasteiger partial charge in [0, 0.05) is 12.7 Å². The molecule has 19 heavy (non-hydrogen) atoms. The van der Waals surface area contributed by atoms with Crippen LogP contribution in [0.4, 0.5) is 0 Å². The number of carboxylic acid groups (broad SMARTS) is 1. The van der Waals surface area contributed by atoms with E-state index in [9.17, 15) is 9.59 Å². The number of carboxylic acids is 1. The van der Waals surface area contributed by atoms with Crippen molar-refractivity contribution in [2.75, 3.05) is 0 Å².